The number of carboxylic acids is 1. The molecule has 0 aliphatic carbocycles. The van der Waals surface area contributed by atoms with Crippen molar-refractivity contribution in [2.75, 3.05) is 0 Å². The molecule has 90 valence electrons. The van der Waals surface area contributed by atoms with Gasteiger partial charge in [0.1, 0.15) is 0 Å². The molecule has 2 rings (SSSR count). The summed E-state index contributed by atoms with van der Waals surface area (Å²) in [5, 5.41) is 9.78. The van der Waals surface area contributed by atoms with Crippen LogP contribution >= 0.6 is 11.6 Å². The van der Waals surface area contributed by atoms with Crippen molar-refractivity contribution in [1.29, 1.82) is 0 Å². The Kier molecular flexibility index (Phi) is 3.49. The Morgan fingerprint density at radius 3 is 2.11 bits per heavy atom. The highest BCUT2D eigenvalue weighted by molar-refractivity contribution is 6.30. The second-order valence-electron chi connectivity index (χ2n) is 3.84. The molecule has 0 radical (unpaired) electrons. The van der Waals surface area contributed by atoms with E-state index in [9.17, 15) is 4.79 Å². The maximum absolute atomic E-state index is 11.1. The van der Waals surface area contributed by atoms with Gasteiger partial charge in [0, 0.05) is 5.02 Å². The summed E-state index contributed by atoms with van der Waals surface area (Å²) < 4.78 is 0. The second-order valence-corrected chi connectivity index (χ2v) is 4.27. The Morgan fingerprint density at radius 1 is 1.00 bits per heavy atom. The molecule has 3 heteroatoms. The van der Waals surface area contributed by atoms with E-state index in [1.807, 2.05) is 12.1 Å². The largest absolute Gasteiger partial charge is 0.478 e. The third-order valence-electron chi connectivity index (χ3n) is 2.68. The monoisotopic (exact) mass is 258 g/mol. The summed E-state index contributed by atoms with van der Waals surface area (Å²) in [6.07, 6.45) is 0. The summed E-state index contributed by atoms with van der Waals surface area (Å²) in [7, 11) is 0. The lowest BCUT2D eigenvalue weighted by Crippen LogP contribution is -2.01. The first-order valence-electron chi connectivity index (χ1n) is 5.37. The quantitative estimate of drug-likeness (QED) is 0.900. The van der Waals surface area contributed by atoms with Crippen molar-refractivity contribution in [1.82, 2.24) is 0 Å². The van der Waals surface area contributed by atoms with Gasteiger partial charge in [0.2, 0.25) is 0 Å². The molecule has 0 amide bonds. The van der Waals surface area contributed by atoms with Crippen LogP contribution in [0.1, 0.15) is 21.5 Å². The third kappa shape index (κ3) is 2.44. The smallest absolute Gasteiger partial charge is 0.336 e. The number of rotatable bonds is 3. The number of carbonyl (C=O) groups is 1. The van der Waals surface area contributed by atoms with Gasteiger partial charge in [0.05, 0.1) is 5.56 Å². The van der Waals surface area contributed by atoms with E-state index >= 15 is 0 Å². The predicted octanol–water partition coefficient (Wildman–Crippen LogP) is 4.10. The van der Waals surface area contributed by atoms with Crippen LogP contribution in [0.2, 0.25) is 5.02 Å². The van der Waals surface area contributed by atoms with Gasteiger partial charge in [-0.3, -0.25) is 0 Å². The van der Waals surface area contributed by atoms with Gasteiger partial charge in [-0.15, -0.1) is 0 Å². The standard InChI is InChI=1S/C15H11ClO2/c1-10(11-6-8-12(16)9-7-11)13-4-2-3-5-14(13)15(17)18/h2-9H,1H2,(H,17,18). The zero-order chi connectivity index (χ0) is 13.1. The Balaban J connectivity index is 2.46. The molecule has 0 aromatic heterocycles. The molecule has 2 nitrogen and oxygen atoms in total. The summed E-state index contributed by atoms with van der Waals surface area (Å²) in [4.78, 5) is 11.1. The Morgan fingerprint density at radius 2 is 1.56 bits per heavy atom. The third-order valence-corrected chi connectivity index (χ3v) is 2.93. The number of halogens is 1. The molecule has 1 N–H and O–H groups in total. The van der Waals surface area contributed by atoms with E-state index < -0.39 is 5.97 Å². The van der Waals surface area contributed by atoms with Crippen molar-refractivity contribution in [3.63, 3.8) is 0 Å². The fourth-order valence-corrected chi connectivity index (χ4v) is 1.87. The molecular formula is C15H11ClO2. The molecule has 0 heterocycles. The maximum atomic E-state index is 11.1. The van der Waals surface area contributed by atoms with Crippen LogP contribution in [0.15, 0.2) is 55.1 Å². The molecule has 0 unspecified atom stereocenters. The lowest BCUT2D eigenvalue weighted by atomic mass is 9.95. The van der Waals surface area contributed by atoms with Gasteiger partial charge in [0.15, 0.2) is 0 Å². The molecule has 0 bridgehead atoms. The minimum absolute atomic E-state index is 0.248. The maximum Gasteiger partial charge on any atom is 0.336 e. The van der Waals surface area contributed by atoms with E-state index in [-0.39, 0.29) is 5.56 Å². The Labute approximate surface area is 110 Å². The number of hydrogen-bond acceptors (Lipinski definition) is 1. The van der Waals surface area contributed by atoms with E-state index in [4.69, 9.17) is 16.7 Å². The van der Waals surface area contributed by atoms with Crippen LogP contribution in [-0.4, -0.2) is 11.1 Å². The van der Waals surface area contributed by atoms with Gasteiger partial charge in [-0.25, -0.2) is 4.79 Å². The highest BCUT2D eigenvalue weighted by Crippen LogP contribution is 2.25. The predicted molar refractivity (Wildman–Crippen MR) is 73.0 cm³/mol. The normalized spacial score (nSPS) is 10.1. The summed E-state index contributed by atoms with van der Waals surface area (Å²) >= 11 is 5.82. The molecule has 0 atom stereocenters. The minimum atomic E-state index is -0.958. The van der Waals surface area contributed by atoms with E-state index in [0.29, 0.717) is 16.2 Å². The van der Waals surface area contributed by atoms with Crippen molar-refractivity contribution in [3.05, 3.63) is 76.8 Å². The SMILES string of the molecule is C=C(c1ccc(Cl)cc1)c1ccccc1C(=O)O. The van der Waals surface area contributed by atoms with Gasteiger partial charge in [0.25, 0.3) is 0 Å². The lowest BCUT2D eigenvalue weighted by Gasteiger charge is -2.09. The topological polar surface area (TPSA) is 37.3 Å². The average molecular weight is 259 g/mol. The molecular weight excluding hydrogens is 248 g/mol. The first-order valence-corrected chi connectivity index (χ1v) is 5.75. The van der Waals surface area contributed by atoms with Gasteiger partial charge in [-0.2, -0.15) is 0 Å². The van der Waals surface area contributed by atoms with Crippen molar-refractivity contribution in [2.24, 2.45) is 0 Å². The van der Waals surface area contributed by atoms with Crippen LogP contribution in [0.4, 0.5) is 0 Å². The van der Waals surface area contributed by atoms with E-state index in [0.717, 1.165) is 5.56 Å². The first kappa shape index (κ1) is 12.4. The zero-order valence-corrected chi connectivity index (χ0v) is 10.3. The highest BCUT2D eigenvalue weighted by atomic mass is 35.5. The summed E-state index contributed by atoms with van der Waals surface area (Å²) in [6, 6.07) is 14.0. The number of carboxylic acid groups (broad SMARTS) is 1. The van der Waals surface area contributed by atoms with Gasteiger partial charge < -0.3 is 5.11 Å². The Bertz CT molecular complexity index is 600. The molecule has 2 aromatic rings. The van der Waals surface area contributed by atoms with E-state index in [1.165, 1.54) is 0 Å². The summed E-state index contributed by atoms with van der Waals surface area (Å²) in [5.41, 5.74) is 2.39. The fourth-order valence-electron chi connectivity index (χ4n) is 1.74. The summed E-state index contributed by atoms with van der Waals surface area (Å²) in [5.74, 6) is -0.958. The molecule has 0 fully saturated rings. The molecule has 0 aliphatic heterocycles. The van der Waals surface area contributed by atoms with Crippen LogP contribution < -0.4 is 0 Å². The Hall–Kier alpha value is -2.06. The molecule has 0 saturated heterocycles. The minimum Gasteiger partial charge on any atom is -0.478 e. The van der Waals surface area contributed by atoms with Crippen LogP contribution in [0.25, 0.3) is 5.57 Å². The fraction of sp³-hybridized carbons (Fsp3) is 0. The summed E-state index contributed by atoms with van der Waals surface area (Å²) in [6.45, 7) is 3.96. The van der Waals surface area contributed by atoms with Gasteiger partial charge in [-0.05, 0) is 34.9 Å². The molecule has 18 heavy (non-hydrogen) atoms. The molecule has 0 saturated carbocycles. The average Bonchev–Trinajstić information content (AvgIpc) is 2.39. The van der Waals surface area contributed by atoms with Crippen LogP contribution in [0, 0.1) is 0 Å². The van der Waals surface area contributed by atoms with E-state index in [1.54, 1.807) is 36.4 Å². The number of benzene rings is 2. The van der Waals surface area contributed by atoms with Gasteiger partial charge >= 0.3 is 5.97 Å². The van der Waals surface area contributed by atoms with Crippen molar-refractivity contribution in [2.45, 2.75) is 0 Å². The van der Waals surface area contributed by atoms with Gasteiger partial charge in [-0.1, -0.05) is 48.5 Å². The zero-order valence-electron chi connectivity index (χ0n) is 9.56. The molecule has 2 aromatic carbocycles. The van der Waals surface area contributed by atoms with Crippen LogP contribution in [0.5, 0.6) is 0 Å². The van der Waals surface area contributed by atoms with Crippen LogP contribution in [0.3, 0.4) is 0 Å². The molecule has 0 aliphatic rings. The van der Waals surface area contributed by atoms with Crippen molar-refractivity contribution in [3.8, 4) is 0 Å². The number of hydrogen-bond donors (Lipinski definition) is 1. The first-order chi connectivity index (χ1) is 8.59. The molecule has 0 spiro atoms. The number of aromatic carboxylic acids is 1. The lowest BCUT2D eigenvalue weighted by molar-refractivity contribution is 0.0696. The van der Waals surface area contributed by atoms with Crippen LogP contribution in [-0.2, 0) is 0 Å². The van der Waals surface area contributed by atoms with Crippen molar-refractivity contribution < 1.29 is 9.90 Å². The van der Waals surface area contributed by atoms with E-state index in [2.05, 4.69) is 6.58 Å². The second kappa shape index (κ2) is 5.07. The highest BCUT2D eigenvalue weighted by Gasteiger charge is 2.12. The van der Waals surface area contributed by atoms with Crippen molar-refractivity contribution >= 4 is 23.1 Å².